The zero-order valence-electron chi connectivity index (χ0n) is 22.4. The van der Waals surface area contributed by atoms with Gasteiger partial charge in [-0.1, -0.05) is 58.3 Å². The second-order valence-corrected chi connectivity index (χ2v) is 11.5. The monoisotopic (exact) mass is 535 g/mol. The number of unbranched alkanes of at least 4 members (excludes halogenated alkanes) is 2. The van der Waals surface area contributed by atoms with Crippen molar-refractivity contribution in [1.29, 1.82) is 0 Å². The van der Waals surface area contributed by atoms with Gasteiger partial charge in [0, 0.05) is 11.6 Å². The minimum Gasteiger partial charge on any atom is -0.454 e. The zero-order chi connectivity index (χ0) is 27.1. The van der Waals surface area contributed by atoms with Crippen molar-refractivity contribution in [3.63, 3.8) is 0 Å². The van der Waals surface area contributed by atoms with E-state index in [0.29, 0.717) is 12.3 Å². The van der Waals surface area contributed by atoms with Gasteiger partial charge in [-0.2, -0.15) is 13.2 Å². The number of ether oxygens (including phenoxy) is 1. The third-order valence-corrected chi connectivity index (χ3v) is 8.95. The quantitative estimate of drug-likeness (QED) is 0.217. The molecule has 38 heavy (non-hydrogen) atoms. The largest absolute Gasteiger partial charge is 0.454 e. The molecule has 4 rings (SSSR count). The van der Waals surface area contributed by atoms with E-state index in [2.05, 4.69) is 13.0 Å². The smallest absolute Gasteiger partial charge is 0.416 e. The van der Waals surface area contributed by atoms with E-state index in [-0.39, 0.29) is 23.5 Å². The molecule has 0 aliphatic heterocycles. The first-order chi connectivity index (χ1) is 18.2. The van der Waals surface area contributed by atoms with Crippen molar-refractivity contribution in [3.8, 4) is 11.5 Å². The Bertz CT molecular complexity index is 1000. The normalized spacial score (nSPS) is 24.4. The maximum absolute atomic E-state index is 15.1. The molecule has 2 aliphatic rings. The fourth-order valence-corrected chi connectivity index (χ4v) is 6.58. The second-order valence-electron chi connectivity index (χ2n) is 11.5. The molecule has 0 unspecified atom stereocenters. The Morgan fingerprint density at radius 3 is 1.95 bits per heavy atom. The SMILES string of the molecule is CCCCC[C@H]1CC[C@H](C2CCC(CCc3c(F)c[c]c(Oc4ccc(C(F)(F)F)cc4)c3F)CC2)CC1. The molecule has 0 saturated heterocycles. The lowest BCUT2D eigenvalue weighted by Gasteiger charge is -2.38. The van der Waals surface area contributed by atoms with E-state index in [1.54, 1.807) is 0 Å². The Kier molecular flexibility index (Phi) is 10.1. The summed E-state index contributed by atoms with van der Waals surface area (Å²) >= 11 is 0. The molecule has 0 spiro atoms. The average Bonchev–Trinajstić information content (AvgIpc) is 2.91. The highest BCUT2D eigenvalue weighted by Crippen LogP contribution is 2.43. The Labute approximate surface area is 224 Å². The maximum Gasteiger partial charge on any atom is 0.416 e. The van der Waals surface area contributed by atoms with Crippen LogP contribution in [-0.4, -0.2) is 0 Å². The van der Waals surface area contributed by atoms with E-state index < -0.39 is 23.4 Å². The van der Waals surface area contributed by atoms with Crippen molar-refractivity contribution in [1.82, 2.24) is 0 Å². The van der Waals surface area contributed by atoms with Gasteiger partial charge in [0.15, 0.2) is 11.6 Å². The molecule has 2 fully saturated rings. The van der Waals surface area contributed by atoms with Gasteiger partial charge in [0.05, 0.1) is 5.56 Å². The van der Waals surface area contributed by atoms with Gasteiger partial charge >= 0.3 is 6.18 Å². The summed E-state index contributed by atoms with van der Waals surface area (Å²) in [4.78, 5) is 0. The number of hydrogen-bond acceptors (Lipinski definition) is 1. The van der Waals surface area contributed by atoms with Gasteiger partial charge in [-0.3, -0.25) is 0 Å². The van der Waals surface area contributed by atoms with E-state index in [1.807, 2.05) is 0 Å². The van der Waals surface area contributed by atoms with Crippen LogP contribution in [0.25, 0.3) is 0 Å². The summed E-state index contributed by atoms with van der Waals surface area (Å²) in [5.74, 6) is 1.29. The lowest BCUT2D eigenvalue weighted by Crippen LogP contribution is -2.26. The van der Waals surface area contributed by atoms with Crippen LogP contribution in [0.5, 0.6) is 11.5 Å². The lowest BCUT2D eigenvalue weighted by molar-refractivity contribution is -0.137. The van der Waals surface area contributed by atoms with E-state index in [0.717, 1.165) is 60.9 Å². The van der Waals surface area contributed by atoms with Gasteiger partial charge in [-0.25, -0.2) is 8.78 Å². The van der Waals surface area contributed by atoms with Crippen LogP contribution in [0.1, 0.15) is 102 Å². The van der Waals surface area contributed by atoms with Gasteiger partial charge in [0.2, 0.25) is 0 Å². The van der Waals surface area contributed by atoms with Crippen molar-refractivity contribution in [2.45, 2.75) is 103 Å². The molecule has 0 atom stereocenters. The number of halogens is 5. The molecule has 2 aromatic rings. The van der Waals surface area contributed by atoms with Crippen LogP contribution < -0.4 is 4.74 Å². The van der Waals surface area contributed by atoms with Crippen molar-refractivity contribution >= 4 is 0 Å². The first kappa shape index (κ1) is 28.9. The Balaban J connectivity index is 1.25. The van der Waals surface area contributed by atoms with Crippen molar-refractivity contribution in [2.75, 3.05) is 0 Å². The van der Waals surface area contributed by atoms with Gasteiger partial charge in [-0.15, -0.1) is 0 Å². The molecule has 6 heteroatoms. The van der Waals surface area contributed by atoms with Crippen LogP contribution >= 0.6 is 0 Å². The summed E-state index contributed by atoms with van der Waals surface area (Å²) in [5.41, 5.74) is -0.854. The average molecular weight is 536 g/mol. The van der Waals surface area contributed by atoms with Gasteiger partial charge in [-0.05, 0) is 92.5 Å². The summed E-state index contributed by atoms with van der Waals surface area (Å²) in [6.45, 7) is 2.26. The van der Waals surface area contributed by atoms with Crippen LogP contribution in [0, 0.1) is 41.4 Å². The summed E-state index contributed by atoms with van der Waals surface area (Å²) in [6.07, 6.45) is 12.1. The van der Waals surface area contributed by atoms with Crippen LogP contribution in [0.4, 0.5) is 22.0 Å². The highest BCUT2D eigenvalue weighted by molar-refractivity contribution is 5.37. The first-order valence-corrected chi connectivity index (χ1v) is 14.5. The summed E-state index contributed by atoms with van der Waals surface area (Å²) in [5, 5.41) is 0. The molecule has 2 aliphatic carbocycles. The highest BCUT2D eigenvalue weighted by Gasteiger charge is 2.32. The van der Waals surface area contributed by atoms with Gasteiger partial charge < -0.3 is 4.74 Å². The third-order valence-electron chi connectivity index (χ3n) is 8.95. The van der Waals surface area contributed by atoms with Crippen LogP contribution in [0.15, 0.2) is 30.3 Å². The number of rotatable bonds is 10. The summed E-state index contributed by atoms with van der Waals surface area (Å²) in [7, 11) is 0. The fourth-order valence-electron chi connectivity index (χ4n) is 6.58. The van der Waals surface area contributed by atoms with Crippen molar-refractivity contribution in [2.24, 2.45) is 23.7 Å². The molecule has 1 radical (unpaired) electrons. The third kappa shape index (κ3) is 7.72. The van der Waals surface area contributed by atoms with Crippen LogP contribution in [-0.2, 0) is 12.6 Å². The molecule has 1 nitrogen and oxygen atoms in total. The maximum atomic E-state index is 15.1. The summed E-state index contributed by atoms with van der Waals surface area (Å²) < 4.78 is 73.3. The Hall–Kier alpha value is -2.11. The van der Waals surface area contributed by atoms with Gasteiger partial charge in [0.25, 0.3) is 0 Å². The standard InChI is InChI=1S/C32H40F5O/c1-2-3-4-5-22-6-11-24(12-7-22)25-13-8-23(9-14-25)10-19-28-29(33)20-21-30(31(28)34)38-27-17-15-26(16-18-27)32(35,36)37/h15-18,20,22-25H,2-14,19H2,1H3/t22-,23?,24-,25?. The van der Waals surface area contributed by atoms with E-state index in [4.69, 9.17) is 4.74 Å². The molecule has 0 amide bonds. The van der Waals surface area contributed by atoms with Crippen LogP contribution in [0.2, 0.25) is 0 Å². The topological polar surface area (TPSA) is 9.23 Å². The predicted octanol–water partition coefficient (Wildman–Crippen LogP) is 10.7. The van der Waals surface area contributed by atoms with Crippen LogP contribution in [0.3, 0.4) is 0 Å². The van der Waals surface area contributed by atoms with E-state index in [9.17, 15) is 17.6 Å². The minimum absolute atomic E-state index is 0.0332. The Morgan fingerprint density at radius 2 is 1.39 bits per heavy atom. The van der Waals surface area contributed by atoms with Crippen molar-refractivity contribution in [3.05, 3.63) is 59.2 Å². The molecule has 0 aromatic heterocycles. The lowest BCUT2D eigenvalue weighted by atomic mass is 9.68. The number of hydrogen-bond donors (Lipinski definition) is 0. The highest BCUT2D eigenvalue weighted by atomic mass is 19.4. The zero-order valence-corrected chi connectivity index (χ0v) is 22.4. The van der Waals surface area contributed by atoms with Crippen molar-refractivity contribution < 1.29 is 26.7 Å². The predicted molar refractivity (Wildman–Crippen MR) is 140 cm³/mol. The molecule has 0 bridgehead atoms. The molecule has 0 heterocycles. The first-order valence-electron chi connectivity index (χ1n) is 14.5. The molecule has 209 valence electrons. The van der Waals surface area contributed by atoms with Gasteiger partial charge in [0.1, 0.15) is 11.6 Å². The molecular formula is C32H40F5O. The molecule has 2 saturated carbocycles. The fraction of sp³-hybridized carbons (Fsp3) is 0.625. The molecule has 2 aromatic carbocycles. The number of benzene rings is 2. The molecule has 0 N–H and O–H groups in total. The minimum atomic E-state index is -4.47. The van der Waals surface area contributed by atoms with E-state index >= 15 is 4.39 Å². The second kappa shape index (κ2) is 13.3. The summed E-state index contributed by atoms with van der Waals surface area (Å²) in [6, 6.07) is 7.47. The molecular weight excluding hydrogens is 495 g/mol. The Morgan fingerprint density at radius 1 is 0.816 bits per heavy atom. The van der Waals surface area contributed by atoms with E-state index in [1.165, 1.54) is 64.2 Å². The number of alkyl halides is 3.